The Bertz CT molecular complexity index is 1420. The molecule has 0 fully saturated rings. The molecular weight excluding hydrogens is 416 g/mol. The van der Waals surface area contributed by atoms with E-state index in [2.05, 4.69) is 112 Å². The lowest BCUT2D eigenvalue weighted by Crippen LogP contribution is -2.09. The van der Waals surface area contributed by atoms with Gasteiger partial charge in [0.05, 0.1) is 5.69 Å². The number of aryl methyl sites for hydroxylation is 2. The molecule has 0 spiro atoms. The summed E-state index contributed by atoms with van der Waals surface area (Å²) in [5.41, 5.74) is 9.82. The number of benzene rings is 3. The minimum Gasteiger partial charge on any atom is -0.340 e. The Kier molecular flexibility index (Phi) is 5.89. The van der Waals surface area contributed by atoms with E-state index in [0.29, 0.717) is 5.92 Å². The number of nitrogens with one attached hydrogen (secondary N) is 1. The lowest BCUT2D eigenvalue weighted by atomic mass is 10.0. The Hall–Kier alpha value is -3.92. The van der Waals surface area contributed by atoms with Crippen molar-refractivity contribution in [3.63, 3.8) is 0 Å². The second-order valence-electron chi connectivity index (χ2n) is 9.15. The van der Waals surface area contributed by atoms with Gasteiger partial charge in [0.15, 0.2) is 5.65 Å². The highest BCUT2D eigenvalue weighted by molar-refractivity contribution is 5.82. The number of aromatic nitrogens is 3. The van der Waals surface area contributed by atoms with E-state index in [4.69, 9.17) is 10.1 Å². The largest absolute Gasteiger partial charge is 0.340 e. The highest BCUT2D eigenvalue weighted by Crippen LogP contribution is 2.33. The van der Waals surface area contributed by atoms with Gasteiger partial charge in [0.1, 0.15) is 5.82 Å². The third-order valence-electron chi connectivity index (χ3n) is 6.37. The Morgan fingerprint density at radius 3 is 2.09 bits per heavy atom. The molecule has 0 saturated carbocycles. The van der Waals surface area contributed by atoms with Crippen LogP contribution in [0.5, 0.6) is 0 Å². The van der Waals surface area contributed by atoms with Crippen molar-refractivity contribution in [2.45, 2.75) is 40.0 Å². The summed E-state index contributed by atoms with van der Waals surface area (Å²) in [4.78, 5) is 5.07. The first-order chi connectivity index (χ1) is 16.5. The van der Waals surface area contributed by atoms with Crippen molar-refractivity contribution in [1.29, 1.82) is 0 Å². The molecular formula is C30H30N4. The van der Waals surface area contributed by atoms with Gasteiger partial charge in [0, 0.05) is 28.9 Å². The van der Waals surface area contributed by atoms with Gasteiger partial charge in [0.2, 0.25) is 0 Å². The molecule has 0 bridgehead atoms. The summed E-state index contributed by atoms with van der Waals surface area (Å²) in [5.74, 6) is 1.47. The summed E-state index contributed by atoms with van der Waals surface area (Å²) in [6, 6.07) is 29.6. The Morgan fingerprint density at radius 2 is 1.44 bits per heavy atom. The molecule has 3 aromatic carbocycles. The monoisotopic (exact) mass is 446 g/mol. The zero-order valence-corrected chi connectivity index (χ0v) is 20.2. The number of nitrogens with zero attached hydrogens (tertiary/aromatic N) is 3. The summed E-state index contributed by atoms with van der Waals surface area (Å²) in [7, 11) is 0. The standard InChI is InChI=1S/C30H30N4/c1-20(2)24-15-17-26(18-16-24)32-29-27(19-23-11-7-5-8-12-23)21(3)31-30-28(22(4)33-34(29)30)25-13-9-6-10-14-25/h5-18,20,32H,19H2,1-4H3. The summed E-state index contributed by atoms with van der Waals surface area (Å²) in [5, 5.41) is 8.66. The van der Waals surface area contributed by atoms with Crippen molar-refractivity contribution in [3.8, 4) is 11.1 Å². The Morgan fingerprint density at radius 1 is 0.794 bits per heavy atom. The topological polar surface area (TPSA) is 42.2 Å². The number of rotatable bonds is 6. The second-order valence-corrected chi connectivity index (χ2v) is 9.15. The maximum atomic E-state index is 5.07. The molecule has 0 atom stereocenters. The lowest BCUT2D eigenvalue weighted by Gasteiger charge is -2.17. The molecule has 34 heavy (non-hydrogen) atoms. The van der Waals surface area contributed by atoms with Crippen LogP contribution in [0.25, 0.3) is 16.8 Å². The van der Waals surface area contributed by atoms with Gasteiger partial charge in [-0.25, -0.2) is 4.98 Å². The van der Waals surface area contributed by atoms with E-state index in [1.807, 2.05) is 10.6 Å². The van der Waals surface area contributed by atoms with Crippen molar-refractivity contribution in [2.24, 2.45) is 0 Å². The molecule has 170 valence electrons. The average molecular weight is 447 g/mol. The molecule has 0 aliphatic heterocycles. The van der Waals surface area contributed by atoms with Crippen LogP contribution in [-0.4, -0.2) is 14.6 Å². The average Bonchev–Trinajstić information content (AvgIpc) is 3.18. The molecule has 5 aromatic rings. The first-order valence-corrected chi connectivity index (χ1v) is 11.9. The van der Waals surface area contributed by atoms with Crippen LogP contribution in [-0.2, 0) is 6.42 Å². The Balaban J connectivity index is 1.69. The number of fused-ring (bicyclic) bond motifs is 1. The minimum atomic E-state index is 0.500. The van der Waals surface area contributed by atoms with Crippen LogP contribution in [0.4, 0.5) is 11.5 Å². The SMILES string of the molecule is Cc1nc2c(-c3ccccc3)c(C)nn2c(Nc2ccc(C(C)C)cc2)c1Cc1ccccc1. The fourth-order valence-electron chi connectivity index (χ4n) is 4.47. The van der Waals surface area contributed by atoms with E-state index in [1.165, 1.54) is 11.1 Å². The highest BCUT2D eigenvalue weighted by Gasteiger charge is 2.20. The maximum absolute atomic E-state index is 5.07. The molecule has 5 rings (SSSR count). The van der Waals surface area contributed by atoms with Gasteiger partial charge >= 0.3 is 0 Å². The molecule has 1 N–H and O–H groups in total. The number of anilines is 2. The molecule has 4 nitrogen and oxygen atoms in total. The highest BCUT2D eigenvalue weighted by atomic mass is 15.3. The summed E-state index contributed by atoms with van der Waals surface area (Å²) >= 11 is 0. The number of hydrogen-bond acceptors (Lipinski definition) is 3. The van der Waals surface area contributed by atoms with E-state index in [-0.39, 0.29) is 0 Å². The van der Waals surface area contributed by atoms with Gasteiger partial charge in [-0.2, -0.15) is 9.61 Å². The second kappa shape index (κ2) is 9.14. The van der Waals surface area contributed by atoms with Crippen molar-refractivity contribution < 1.29 is 0 Å². The molecule has 0 aliphatic rings. The van der Waals surface area contributed by atoms with Crippen LogP contribution in [0.3, 0.4) is 0 Å². The summed E-state index contributed by atoms with van der Waals surface area (Å²) < 4.78 is 1.99. The van der Waals surface area contributed by atoms with Crippen LogP contribution >= 0.6 is 0 Å². The van der Waals surface area contributed by atoms with Crippen LogP contribution in [0.15, 0.2) is 84.9 Å². The van der Waals surface area contributed by atoms with Crippen molar-refractivity contribution >= 4 is 17.2 Å². The first-order valence-electron chi connectivity index (χ1n) is 11.9. The van der Waals surface area contributed by atoms with Crippen LogP contribution in [0, 0.1) is 13.8 Å². The third-order valence-corrected chi connectivity index (χ3v) is 6.37. The van der Waals surface area contributed by atoms with Crippen molar-refractivity contribution in [1.82, 2.24) is 14.6 Å². The van der Waals surface area contributed by atoms with Gasteiger partial charge < -0.3 is 5.32 Å². The van der Waals surface area contributed by atoms with E-state index in [0.717, 1.165) is 51.7 Å². The van der Waals surface area contributed by atoms with Gasteiger partial charge in [-0.15, -0.1) is 0 Å². The van der Waals surface area contributed by atoms with E-state index < -0.39 is 0 Å². The van der Waals surface area contributed by atoms with Gasteiger partial charge in [-0.3, -0.25) is 0 Å². The third kappa shape index (κ3) is 4.19. The van der Waals surface area contributed by atoms with Crippen LogP contribution in [0.1, 0.15) is 47.8 Å². The molecule has 2 heterocycles. The van der Waals surface area contributed by atoms with E-state index in [1.54, 1.807) is 0 Å². The molecule has 0 aliphatic carbocycles. The molecule has 0 amide bonds. The fraction of sp³-hybridized carbons (Fsp3) is 0.200. The molecule has 4 heteroatoms. The predicted molar refractivity (Wildman–Crippen MR) is 141 cm³/mol. The molecule has 0 saturated heterocycles. The zero-order chi connectivity index (χ0) is 23.7. The lowest BCUT2D eigenvalue weighted by molar-refractivity contribution is 0.866. The van der Waals surface area contributed by atoms with Crippen molar-refractivity contribution in [3.05, 3.63) is 113 Å². The predicted octanol–water partition coefficient (Wildman–Crippen LogP) is 7.47. The van der Waals surface area contributed by atoms with Crippen molar-refractivity contribution in [2.75, 3.05) is 5.32 Å². The normalized spacial score (nSPS) is 11.3. The van der Waals surface area contributed by atoms with Gasteiger partial charge in [0.25, 0.3) is 0 Å². The molecule has 2 aromatic heterocycles. The van der Waals surface area contributed by atoms with Crippen LogP contribution in [0.2, 0.25) is 0 Å². The molecule has 0 radical (unpaired) electrons. The fourth-order valence-corrected chi connectivity index (χ4v) is 4.47. The van der Waals surface area contributed by atoms with Gasteiger partial charge in [-0.1, -0.05) is 86.6 Å². The van der Waals surface area contributed by atoms with Gasteiger partial charge in [-0.05, 0) is 48.6 Å². The minimum absolute atomic E-state index is 0.500. The smallest absolute Gasteiger partial charge is 0.165 e. The van der Waals surface area contributed by atoms with E-state index >= 15 is 0 Å². The maximum Gasteiger partial charge on any atom is 0.165 e. The van der Waals surface area contributed by atoms with E-state index in [9.17, 15) is 0 Å². The summed E-state index contributed by atoms with van der Waals surface area (Å²) in [6.07, 6.45) is 0.779. The quantitative estimate of drug-likeness (QED) is 0.294. The van der Waals surface area contributed by atoms with Crippen LogP contribution < -0.4 is 5.32 Å². The first kappa shape index (κ1) is 21.9. The Labute approximate surface area is 201 Å². The summed E-state index contributed by atoms with van der Waals surface area (Å²) in [6.45, 7) is 8.59. The zero-order valence-electron chi connectivity index (χ0n) is 20.2. The number of hydrogen-bond donors (Lipinski definition) is 1. The molecule has 0 unspecified atom stereocenters.